The van der Waals surface area contributed by atoms with Crippen molar-refractivity contribution in [3.05, 3.63) is 64.0 Å². The molecule has 3 nitrogen and oxygen atoms in total. The molecule has 4 rings (SSSR count). The van der Waals surface area contributed by atoms with E-state index in [1.807, 2.05) is 30.8 Å². The largest absolute Gasteiger partial charge is 0.495 e. The molecule has 0 bridgehead atoms. The molecule has 2 aromatic carbocycles. The average molecular weight is 416 g/mol. The summed E-state index contributed by atoms with van der Waals surface area (Å²) in [5.41, 5.74) is 3.14. The SMILES string of the molecule is CCN(C(=O)c1cc2c(s1)-c1ccccc1SC2)c1cc(Cl)ccc1OC. The predicted molar refractivity (Wildman–Crippen MR) is 115 cm³/mol. The molecule has 1 amide bonds. The smallest absolute Gasteiger partial charge is 0.268 e. The Hall–Kier alpha value is -1.95. The Balaban J connectivity index is 1.74. The lowest BCUT2D eigenvalue weighted by molar-refractivity contribution is 0.0991. The molecule has 0 saturated heterocycles. The fourth-order valence-electron chi connectivity index (χ4n) is 3.24. The molecule has 3 aromatic rings. The third kappa shape index (κ3) is 3.35. The summed E-state index contributed by atoms with van der Waals surface area (Å²) >= 11 is 9.55. The summed E-state index contributed by atoms with van der Waals surface area (Å²) in [6.07, 6.45) is 0. The second-order valence-electron chi connectivity index (χ2n) is 6.12. The molecule has 0 N–H and O–H groups in total. The van der Waals surface area contributed by atoms with Gasteiger partial charge in [0.25, 0.3) is 5.91 Å². The second kappa shape index (κ2) is 7.58. The van der Waals surface area contributed by atoms with E-state index >= 15 is 0 Å². The van der Waals surface area contributed by atoms with Crippen molar-refractivity contribution in [3.63, 3.8) is 0 Å². The van der Waals surface area contributed by atoms with Crippen molar-refractivity contribution in [2.24, 2.45) is 0 Å². The van der Waals surface area contributed by atoms with Gasteiger partial charge in [0.15, 0.2) is 0 Å². The molecule has 0 saturated carbocycles. The summed E-state index contributed by atoms with van der Waals surface area (Å²) in [6.45, 7) is 2.49. The lowest BCUT2D eigenvalue weighted by Gasteiger charge is -2.22. The number of benzene rings is 2. The van der Waals surface area contributed by atoms with E-state index in [1.54, 1.807) is 41.5 Å². The van der Waals surface area contributed by atoms with E-state index in [0.717, 1.165) is 10.6 Å². The number of methoxy groups -OCH3 is 1. The van der Waals surface area contributed by atoms with Gasteiger partial charge in [-0.3, -0.25) is 4.79 Å². The highest BCUT2D eigenvalue weighted by Crippen LogP contribution is 2.46. The van der Waals surface area contributed by atoms with Crippen molar-refractivity contribution in [1.82, 2.24) is 0 Å². The Labute approximate surface area is 171 Å². The molecule has 27 heavy (non-hydrogen) atoms. The molecule has 6 heteroatoms. The van der Waals surface area contributed by atoms with Gasteiger partial charge in [0.1, 0.15) is 5.75 Å². The van der Waals surface area contributed by atoms with Crippen LogP contribution in [-0.2, 0) is 5.75 Å². The number of halogens is 1. The van der Waals surface area contributed by atoms with Gasteiger partial charge < -0.3 is 9.64 Å². The molecule has 0 unspecified atom stereocenters. The lowest BCUT2D eigenvalue weighted by Crippen LogP contribution is -2.30. The highest BCUT2D eigenvalue weighted by Gasteiger charge is 2.26. The van der Waals surface area contributed by atoms with E-state index in [4.69, 9.17) is 16.3 Å². The summed E-state index contributed by atoms with van der Waals surface area (Å²) in [4.78, 5) is 18.2. The number of anilines is 1. The number of hydrogen-bond donors (Lipinski definition) is 0. The van der Waals surface area contributed by atoms with Crippen LogP contribution in [0.1, 0.15) is 22.2 Å². The molecular weight excluding hydrogens is 398 g/mol. The minimum absolute atomic E-state index is 0.0278. The van der Waals surface area contributed by atoms with Gasteiger partial charge in [0, 0.05) is 32.7 Å². The summed E-state index contributed by atoms with van der Waals surface area (Å²) in [5, 5.41) is 0.577. The van der Waals surface area contributed by atoms with Crippen molar-refractivity contribution >= 4 is 46.3 Å². The number of fused-ring (bicyclic) bond motifs is 3. The Kier molecular flexibility index (Phi) is 5.17. The Bertz CT molecular complexity index is 1020. The lowest BCUT2D eigenvalue weighted by atomic mass is 10.1. The molecular formula is C21H18ClNO2S2. The molecule has 138 valence electrons. The second-order valence-corrected chi connectivity index (χ2v) is 8.62. The van der Waals surface area contributed by atoms with E-state index in [-0.39, 0.29) is 5.91 Å². The maximum absolute atomic E-state index is 13.3. The van der Waals surface area contributed by atoms with Crippen LogP contribution in [-0.4, -0.2) is 19.6 Å². The first kappa shape index (κ1) is 18.4. The zero-order chi connectivity index (χ0) is 19.0. The molecule has 0 radical (unpaired) electrons. The molecule has 0 spiro atoms. The van der Waals surface area contributed by atoms with Gasteiger partial charge in [-0.2, -0.15) is 0 Å². The minimum Gasteiger partial charge on any atom is -0.495 e. The van der Waals surface area contributed by atoms with Gasteiger partial charge in [-0.25, -0.2) is 0 Å². The van der Waals surface area contributed by atoms with Crippen LogP contribution in [0.3, 0.4) is 0 Å². The molecule has 1 aliphatic rings. The van der Waals surface area contributed by atoms with Gasteiger partial charge in [-0.05, 0) is 42.8 Å². The highest BCUT2D eigenvalue weighted by molar-refractivity contribution is 7.98. The number of amides is 1. The summed E-state index contributed by atoms with van der Waals surface area (Å²) in [5.74, 6) is 1.50. The summed E-state index contributed by atoms with van der Waals surface area (Å²) in [7, 11) is 1.60. The average Bonchev–Trinajstić information content (AvgIpc) is 3.13. The van der Waals surface area contributed by atoms with Crippen molar-refractivity contribution < 1.29 is 9.53 Å². The van der Waals surface area contributed by atoms with Crippen LogP contribution in [0.2, 0.25) is 5.02 Å². The molecule has 2 heterocycles. The van der Waals surface area contributed by atoms with Gasteiger partial charge in [-0.15, -0.1) is 23.1 Å². The Morgan fingerprint density at radius 3 is 2.81 bits per heavy atom. The fraction of sp³-hybridized carbons (Fsp3) is 0.190. The van der Waals surface area contributed by atoms with Crippen LogP contribution in [0.4, 0.5) is 5.69 Å². The number of carbonyl (C=O) groups is 1. The van der Waals surface area contributed by atoms with E-state index in [9.17, 15) is 4.79 Å². The van der Waals surface area contributed by atoms with Crippen LogP contribution in [0.25, 0.3) is 10.4 Å². The fourth-order valence-corrected chi connectivity index (χ4v) is 5.77. The third-order valence-electron chi connectivity index (χ3n) is 4.53. The Morgan fingerprint density at radius 1 is 1.22 bits per heavy atom. The van der Waals surface area contributed by atoms with E-state index in [2.05, 4.69) is 18.2 Å². The van der Waals surface area contributed by atoms with Crippen LogP contribution >= 0.6 is 34.7 Å². The third-order valence-corrected chi connectivity index (χ3v) is 7.08. The Morgan fingerprint density at radius 2 is 2.04 bits per heavy atom. The normalized spacial score (nSPS) is 12.3. The first-order valence-corrected chi connectivity index (χ1v) is 10.8. The van der Waals surface area contributed by atoms with Gasteiger partial charge in [0.05, 0.1) is 17.7 Å². The molecule has 1 aromatic heterocycles. The molecule has 1 aliphatic heterocycles. The maximum atomic E-state index is 13.3. The zero-order valence-electron chi connectivity index (χ0n) is 15.0. The number of thioether (sulfide) groups is 1. The van der Waals surface area contributed by atoms with Crippen molar-refractivity contribution in [2.45, 2.75) is 17.6 Å². The zero-order valence-corrected chi connectivity index (χ0v) is 17.4. The number of rotatable bonds is 4. The predicted octanol–water partition coefficient (Wildman–Crippen LogP) is 6.35. The molecule has 0 fully saturated rings. The van der Waals surface area contributed by atoms with E-state index in [0.29, 0.717) is 23.0 Å². The van der Waals surface area contributed by atoms with Crippen LogP contribution in [0.15, 0.2) is 53.4 Å². The topological polar surface area (TPSA) is 29.5 Å². The van der Waals surface area contributed by atoms with Crippen molar-refractivity contribution in [3.8, 4) is 16.2 Å². The van der Waals surface area contributed by atoms with Crippen LogP contribution < -0.4 is 9.64 Å². The quantitative estimate of drug-likeness (QED) is 0.497. The van der Waals surface area contributed by atoms with Crippen LogP contribution in [0.5, 0.6) is 5.75 Å². The van der Waals surface area contributed by atoms with Gasteiger partial charge >= 0.3 is 0 Å². The number of carbonyl (C=O) groups excluding carboxylic acids is 1. The van der Waals surface area contributed by atoms with E-state index < -0.39 is 0 Å². The number of ether oxygens (including phenoxy) is 1. The van der Waals surface area contributed by atoms with Crippen molar-refractivity contribution in [1.29, 1.82) is 0 Å². The standard InChI is InChI=1S/C21H18ClNO2S2/c1-3-23(16-11-14(22)8-9-17(16)25-2)21(24)19-10-13-12-26-18-7-5-4-6-15(18)20(13)27-19/h4-11H,3,12H2,1-2H3. The molecule has 0 aliphatic carbocycles. The van der Waals surface area contributed by atoms with E-state index in [1.165, 1.54) is 20.9 Å². The van der Waals surface area contributed by atoms with Gasteiger partial charge in [0.2, 0.25) is 0 Å². The first-order chi connectivity index (χ1) is 13.1. The monoisotopic (exact) mass is 415 g/mol. The first-order valence-electron chi connectivity index (χ1n) is 8.62. The number of hydrogen-bond acceptors (Lipinski definition) is 4. The van der Waals surface area contributed by atoms with Gasteiger partial charge in [-0.1, -0.05) is 29.8 Å². The highest BCUT2D eigenvalue weighted by atomic mass is 35.5. The number of thiophene rings is 1. The summed E-state index contributed by atoms with van der Waals surface area (Å²) in [6, 6.07) is 15.7. The minimum atomic E-state index is -0.0278. The maximum Gasteiger partial charge on any atom is 0.268 e. The van der Waals surface area contributed by atoms with Crippen LogP contribution in [0, 0.1) is 0 Å². The number of nitrogens with zero attached hydrogens (tertiary/aromatic N) is 1. The summed E-state index contributed by atoms with van der Waals surface area (Å²) < 4.78 is 5.44. The molecule has 0 atom stereocenters. The van der Waals surface area contributed by atoms with Crippen molar-refractivity contribution in [2.75, 3.05) is 18.6 Å².